The highest BCUT2D eigenvalue weighted by molar-refractivity contribution is 4.91. The molecule has 2 nitrogen and oxygen atoms in total. The van der Waals surface area contributed by atoms with Crippen LogP contribution >= 0.6 is 0 Å². The Morgan fingerprint density at radius 3 is 2.52 bits per heavy atom. The molecule has 0 amide bonds. The molecular formula is C19H38N2. The lowest BCUT2D eigenvalue weighted by Gasteiger charge is -2.45. The molecule has 1 saturated heterocycles. The van der Waals surface area contributed by atoms with E-state index in [2.05, 4.69) is 44.8 Å². The smallest absolute Gasteiger partial charge is 0.0108 e. The number of nitrogens with zero attached hydrogens (tertiary/aromatic N) is 1. The average molecular weight is 295 g/mol. The summed E-state index contributed by atoms with van der Waals surface area (Å²) in [5.41, 5.74) is 1.06. The Morgan fingerprint density at radius 2 is 1.86 bits per heavy atom. The molecule has 0 aromatic heterocycles. The molecule has 1 aliphatic carbocycles. The van der Waals surface area contributed by atoms with Crippen molar-refractivity contribution in [2.45, 2.75) is 79.2 Å². The lowest BCUT2D eigenvalue weighted by Crippen LogP contribution is -2.50. The molecule has 0 spiro atoms. The summed E-state index contributed by atoms with van der Waals surface area (Å²) in [7, 11) is 0. The SMILES string of the molecule is CCCNC1CCC(C)(C)CC1CN1CCCC(C)(C)C1. The highest BCUT2D eigenvalue weighted by Crippen LogP contribution is 2.40. The number of rotatable bonds is 5. The minimum absolute atomic E-state index is 0.523. The van der Waals surface area contributed by atoms with Crippen molar-refractivity contribution in [2.24, 2.45) is 16.7 Å². The zero-order valence-electron chi connectivity index (χ0n) is 15.2. The van der Waals surface area contributed by atoms with Crippen LogP contribution in [0.15, 0.2) is 0 Å². The van der Waals surface area contributed by atoms with Gasteiger partial charge in [-0.2, -0.15) is 0 Å². The number of nitrogens with one attached hydrogen (secondary N) is 1. The Morgan fingerprint density at radius 1 is 1.10 bits per heavy atom. The summed E-state index contributed by atoms with van der Waals surface area (Å²) >= 11 is 0. The summed E-state index contributed by atoms with van der Waals surface area (Å²) in [6.07, 6.45) is 8.19. The molecule has 1 N–H and O–H groups in total. The van der Waals surface area contributed by atoms with Crippen molar-refractivity contribution in [3.63, 3.8) is 0 Å². The van der Waals surface area contributed by atoms with Gasteiger partial charge in [0.15, 0.2) is 0 Å². The maximum Gasteiger partial charge on any atom is 0.0108 e. The molecule has 2 atom stereocenters. The largest absolute Gasteiger partial charge is 0.314 e. The highest BCUT2D eigenvalue weighted by Gasteiger charge is 2.36. The summed E-state index contributed by atoms with van der Waals surface area (Å²) in [6, 6.07) is 0.753. The monoisotopic (exact) mass is 294 g/mol. The quantitative estimate of drug-likeness (QED) is 0.813. The first kappa shape index (κ1) is 17.3. The summed E-state index contributed by atoms with van der Waals surface area (Å²) in [4.78, 5) is 2.76. The molecule has 0 aromatic carbocycles. The van der Waals surface area contributed by atoms with Crippen LogP contribution in [0, 0.1) is 16.7 Å². The van der Waals surface area contributed by atoms with Gasteiger partial charge in [-0.25, -0.2) is 0 Å². The molecule has 0 radical (unpaired) electrons. The molecule has 2 rings (SSSR count). The van der Waals surface area contributed by atoms with Gasteiger partial charge in [0.25, 0.3) is 0 Å². The van der Waals surface area contributed by atoms with Crippen LogP contribution < -0.4 is 5.32 Å². The van der Waals surface area contributed by atoms with E-state index < -0.39 is 0 Å². The lowest BCUT2D eigenvalue weighted by molar-refractivity contribution is 0.0590. The van der Waals surface area contributed by atoms with Gasteiger partial charge in [-0.15, -0.1) is 0 Å². The van der Waals surface area contributed by atoms with E-state index in [0.717, 1.165) is 12.0 Å². The second kappa shape index (κ2) is 7.00. The van der Waals surface area contributed by atoms with Crippen LogP contribution in [0.4, 0.5) is 0 Å². The van der Waals surface area contributed by atoms with E-state index in [1.54, 1.807) is 0 Å². The van der Waals surface area contributed by atoms with Gasteiger partial charge in [-0.1, -0.05) is 34.6 Å². The molecule has 21 heavy (non-hydrogen) atoms. The van der Waals surface area contributed by atoms with Gasteiger partial charge in [0.1, 0.15) is 0 Å². The van der Waals surface area contributed by atoms with E-state index in [1.165, 1.54) is 64.7 Å². The molecule has 1 aliphatic heterocycles. The van der Waals surface area contributed by atoms with Crippen molar-refractivity contribution >= 4 is 0 Å². The number of hydrogen-bond donors (Lipinski definition) is 1. The predicted molar refractivity (Wildman–Crippen MR) is 92.7 cm³/mol. The molecule has 2 unspecified atom stereocenters. The van der Waals surface area contributed by atoms with Crippen LogP contribution in [-0.4, -0.2) is 37.1 Å². The number of likely N-dealkylation sites (tertiary alicyclic amines) is 1. The fourth-order valence-electron chi connectivity index (χ4n) is 4.56. The molecule has 124 valence electrons. The number of hydrogen-bond acceptors (Lipinski definition) is 2. The first-order valence-corrected chi connectivity index (χ1v) is 9.27. The first-order valence-electron chi connectivity index (χ1n) is 9.27. The van der Waals surface area contributed by atoms with E-state index in [-0.39, 0.29) is 0 Å². The van der Waals surface area contributed by atoms with E-state index in [9.17, 15) is 0 Å². The minimum atomic E-state index is 0.523. The summed E-state index contributed by atoms with van der Waals surface area (Å²) < 4.78 is 0. The van der Waals surface area contributed by atoms with E-state index in [1.807, 2.05) is 0 Å². The molecule has 1 heterocycles. The molecular weight excluding hydrogens is 256 g/mol. The van der Waals surface area contributed by atoms with Crippen molar-refractivity contribution in [1.82, 2.24) is 10.2 Å². The molecule has 2 heteroatoms. The molecule has 0 bridgehead atoms. The van der Waals surface area contributed by atoms with Crippen molar-refractivity contribution in [1.29, 1.82) is 0 Å². The maximum atomic E-state index is 3.84. The minimum Gasteiger partial charge on any atom is -0.314 e. The van der Waals surface area contributed by atoms with Crippen LogP contribution in [0.2, 0.25) is 0 Å². The van der Waals surface area contributed by atoms with Gasteiger partial charge < -0.3 is 10.2 Å². The van der Waals surface area contributed by atoms with Crippen LogP contribution in [0.5, 0.6) is 0 Å². The molecule has 0 aromatic rings. The third-order valence-electron chi connectivity index (χ3n) is 5.64. The Labute approximate surface area is 133 Å². The fraction of sp³-hybridized carbons (Fsp3) is 1.00. The van der Waals surface area contributed by atoms with Gasteiger partial charge in [0.05, 0.1) is 0 Å². The topological polar surface area (TPSA) is 15.3 Å². The van der Waals surface area contributed by atoms with Crippen molar-refractivity contribution in [2.75, 3.05) is 26.2 Å². The highest BCUT2D eigenvalue weighted by atomic mass is 15.1. The zero-order valence-corrected chi connectivity index (χ0v) is 15.2. The average Bonchev–Trinajstić information content (AvgIpc) is 2.36. The van der Waals surface area contributed by atoms with E-state index in [4.69, 9.17) is 0 Å². The maximum absolute atomic E-state index is 3.84. The van der Waals surface area contributed by atoms with Gasteiger partial charge in [0, 0.05) is 19.1 Å². The van der Waals surface area contributed by atoms with Crippen molar-refractivity contribution < 1.29 is 0 Å². The first-order chi connectivity index (χ1) is 9.81. The van der Waals surface area contributed by atoms with Crippen LogP contribution in [0.25, 0.3) is 0 Å². The van der Waals surface area contributed by atoms with E-state index in [0.29, 0.717) is 10.8 Å². The third-order valence-corrected chi connectivity index (χ3v) is 5.64. The Balaban J connectivity index is 1.95. The molecule has 1 saturated carbocycles. The van der Waals surface area contributed by atoms with E-state index >= 15 is 0 Å². The van der Waals surface area contributed by atoms with Crippen molar-refractivity contribution in [3.8, 4) is 0 Å². The van der Waals surface area contributed by atoms with Crippen LogP contribution in [-0.2, 0) is 0 Å². The summed E-state index contributed by atoms with van der Waals surface area (Å²) in [5, 5.41) is 3.84. The van der Waals surface area contributed by atoms with Crippen LogP contribution in [0.1, 0.15) is 73.1 Å². The fourth-order valence-corrected chi connectivity index (χ4v) is 4.56. The van der Waals surface area contributed by atoms with Gasteiger partial charge >= 0.3 is 0 Å². The van der Waals surface area contributed by atoms with Crippen LogP contribution in [0.3, 0.4) is 0 Å². The standard InChI is InChI=1S/C19H38N2/c1-6-11-20-17-8-10-18(2,3)13-16(17)14-21-12-7-9-19(4,5)15-21/h16-17,20H,6-15H2,1-5H3. The Bertz CT molecular complexity index is 322. The van der Waals surface area contributed by atoms with Gasteiger partial charge in [0.2, 0.25) is 0 Å². The number of piperidine rings is 1. The lowest BCUT2D eigenvalue weighted by atomic mass is 9.69. The second-order valence-electron chi connectivity index (χ2n) is 9.23. The second-order valence-corrected chi connectivity index (χ2v) is 9.23. The van der Waals surface area contributed by atoms with Gasteiger partial charge in [-0.05, 0) is 68.4 Å². The normalized spacial score (nSPS) is 33.0. The molecule has 2 aliphatic rings. The summed E-state index contributed by atoms with van der Waals surface area (Å²) in [5.74, 6) is 0.842. The Hall–Kier alpha value is -0.0800. The van der Waals surface area contributed by atoms with Gasteiger partial charge in [-0.3, -0.25) is 0 Å². The Kier molecular flexibility index (Phi) is 5.76. The van der Waals surface area contributed by atoms with Crippen molar-refractivity contribution in [3.05, 3.63) is 0 Å². The predicted octanol–water partition coefficient (Wildman–Crippen LogP) is 4.30. The zero-order chi connectivity index (χ0) is 15.5. The summed E-state index contributed by atoms with van der Waals surface area (Å²) in [6.45, 7) is 17.2. The third kappa shape index (κ3) is 5.25. The molecule has 2 fully saturated rings.